The van der Waals surface area contributed by atoms with Crippen molar-refractivity contribution in [2.24, 2.45) is 7.05 Å². The second-order valence-electron chi connectivity index (χ2n) is 6.10. The molecule has 0 unspecified atom stereocenters. The van der Waals surface area contributed by atoms with E-state index in [1.165, 1.54) is 9.13 Å². The topological polar surface area (TPSA) is 76.3 Å². The Bertz CT molecular complexity index is 815. The number of fused-ring (bicyclic) bond motifs is 1. The van der Waals surface area contributed by atoms with E-state index in [2.05, 4.69) is 5.32 Å². The molecule has 1 aliphatic rings. The summed E-state index contributed by atoms with van der Waals surface area (Å²) in [4.78, 5) is 38.1. The van der Waals surface area contributed by atoms with Gasteiger partial charge in [-0.05, 0) is 25.0 Å². The van der Waals surface area contributed by atoms with Gasteiger partial charge in [0.1, 0.15) is 6.54 Å². The predicted octanol–water partition coefficient (Wildman–Crippen LogP) is 0.469. The number of aryl methyl sites for hydroxylation is 1. The highest BCUT2D eigenvalue weighted by atomic mass is 16.2. The molecule has 0 aliphatic carbocycles. The molecule has 1 aromatic carbocycles. The molecule has 2 amide bonds. The molecule has 1 saturated heterocycles. The molecule has 2 heterocycles. The fourth-order valence-corrected chi connectivity index (χ4v) is 3.15. The molecule has 1 fully saturated rings. The summed E-state index contributed by atoms with van der Waals surface area (Å²) in [5.41, 5.74) is 1.30. The molecule has 1 aliphatic heterocycles. The van der Waals surface area contributed by atoms with E-state index in [0.717, 1.165) is 37.0 Å². The molecule has 1 N–H and O–H groups in total. The zero-order valence-corrected chi connectivity index (χ0v) is 13.8. The number of carbonyl (C=O) groups is 2. The number of para-hydroxylation sites is 2. The number of hydrogen-bond acceptors (Lipinski definition) is 3. The van der Waals surface area contributed by atoms with Gasteiger partial charge >= 0.3 is 5.69 Å². The summed E-state index contributed by atoms with van der Waals surface area (Å²) in [7, 11) is 1.69. The van der Waals surface area contributed by atoms with Crippen molar-refractivity contribution in [1.82, 2.24) is 19.4 Å². The van der Waals surface area contributed by atoms with E-state index in [9.17, 15) is 14.4 Å². The van der Waals surface area contributed by atoms with Crippen LogP contribution in [0.25, 0.3) is 11.0 Å². The molecule has 0 saturated carbocycles. The lowest BCUT2D eigenvalue weighted by Gasteiger charge is -2.15. The monoisotopic (exact) mass is 330 g/mol. The summed E-state index contributed by atoms with van der Waals surface area (Å²) in [6, 6.07) is 7.36. The van der Waals surface area contributed by atoms with E-state index < -0.39 is 0 Å². The van der Waals surface area contributed by atoms with Crippen molar-refractivity contribution in [1.29, 1.82) is 0 Å². The fraction of sp³-hybridized carbons (Fsp3) is 0.471. The van der Waals surface area contributed by atoms with Crippen LogP contribution in [-0.2, 0) is 23.2 Å². The van der Waals surface area contributed by atoms with Gasteiger partial charge in [0.15, 0.2) is 0 Å². The second kappa shape index (κ2) is 6.90. The van der Waals surface area contributed by atoms with Gasteiger partial charge in [-0.25, -0.2) is 4.79 Å². The summed E-state index contributed by atoms with van der Waals surface area (Å²) >= 11 is 0. The fourth-order valence-electron chi connectivity index (χ4n) is 3.15. The van der Waals surface area contributed by atoms with E-state index in [4.69, 9.17) is 0 Å². The largest absolute Gasteiger partial charge is 0.354 e. The molecular formula is C17H22N4O3. The highest BCUT2D eigenvalue weighted by Gasteiger charge is 2.18. The van der Waals surface area contributed by atoms with Crippen molar-refractivity contribution in [2.75, 3.05) is 19.6 Å². The van der Waals surface area contributed by atoms with Crippen molar-refractivity contribution in [3.63, 3.8) is 0 Å². The number of carbonyl (C=O) groups excluding carboxylic acids is 2. The van der Waals surface area contributed by atoms with Crippen molar-refractivity contribution in [3.05, 3.63) is 34.7 Å². The first kappa shape index (κ1) is 16.3. The third kappa shape index (κ3) is 3.20. The number of imidazole rings is 1. The van der Waals surface area contributed by atoms with Gasteiger partial charge in [-0.3, -0.25) is 18.7 Å². The van der Waals surface area contributed by atoms with Crippen LogP contribution in [0.4, 0.5) is 0 Å². The van der Waals surface area contributed by atoms with E-state index in [-0.39, 0.29) is 24.0 Å². The second-order valence-corrected chi connectivity index (χ2v) is 6.10. The summed E-state index contributed by atoms with van der Waals surface area (Å²) in [6.07, 6.45) is 2.42. The highest BCUT2D eigenvalue weighted by molar-refractivity contribution is 5.81. The third-order valence-corrected chi connectivity index (χ3v) is 4.47. The van der Waals surface area contributed by atoms with E-state index >= 15 is 0 Å². The van der Waals surface area contributed by atoms with Gasteiger partial charge in [0.05, 0.1) is 11.0 Å². The lowest BCUT2D eigenvalue weighted by Crippen LogP contribution is -2.35. The Balaban J connectivity index is 1.58. The summed E-state index contributed by atoms with van der Waals surface area (Å²) in [6.45, 7) is 1.89. The van der Waals surface area contributed by atoms with Crippen molar-refractivity contribution >= 4 is 22.8 Å². The zero-order valence-electron chi connectivity index (χ0n) is 13.8. The van der Waals surface area contributed by atoms with E-state index in [0.29, 0.717) is 13.0 Å². The molecule has 3 rings (SSSR count). The van der Waals surface area contributed by atoms with E-state index in [1.54, 1.807) is 7.05 Å². The smallest absolute Gasteiger partial charge is 0.329 e. The normalized spacial score (nSPS) is 14.3. The van der Waals surface area contributed by atoms with Gasteiger partial charge in [0.25, 0.3) is 0 Å². The maximum atomic E-state index is 12.3. The first-order valence-corrected chi connectivity index (χ1v) is 8.26. The van der Waals surface area contributed by atoms with Crippen LogP contribution in [0.3, 0.4) is 0 Å². The quantitative estimate of drug-likeness (QED) is 0.866. The molecular weight excluding hydrogens is 308 g/mol. The molecule has 128 valence electrons. The maximum Gasteiger partial charge on any atom is 0.329 e. The van der Waals surface area contributed by atoms with Gasteiger partial charge in [-0.15, -0.1) is 0 Å². The molecule has 0 radical (unpaired) electrons. The number of hydrogen-bond donors (Lipinski definition) is 1. The lowest BCUT2D eigenvalue weighted by atomic mass is 10.3. The Morgan fingerprint density at radius 1 is 1.12 bits per heavy atom. The number of amides is 2. The Hall–Kier alpha value is -2.57. The number of nitrogens with one attached hydrogen (secondary N) is 1. The molecule has 24 heavy (non-hydrogen) atoms. The Kier molecular flexibility index (Phi) is 4.69. The molecule has 2 aromatic rings. The number of rotatable bonds is 5. The van der Waals surface area contributed by atoms with Crippen LogP contribution in [-0.4, -0.2) is 45.5 Å². The summed E-state index contributed by atoms with van der Waals surface area (Å²) in [5.74, 6) is -0.183. The van der Waals surface area contributed by atoms with Crippen LogP contribution >= 0.6 is 0 Å². The van der Waals surface area contributed by atoms with Gasteiger partial charge in [0.2, 0.25) is 11.8 Å². The molecule has 7 nitrogen and oxygen atoms in total. The van der Waals surface area contributed by atoms with Gasteiger partial charge < -0.3 is 10.2 Å². The molecule has 0 spiro atoms. The van der Waals surface area contributed by atoms with Crippen molar-refractivity contribution in [3.8, 4) is 0 Å². The van der Waals surface area contributed by atoms with E-state index in [1.807, 2.05) is 29.2 Å². The predicted molar refractivity (Wildman–Crippen MR) is 90.6 cm³/mol. The van der Waals surface area contributed by atoms with Crippen molar-refractivity contribution in [2.45, 2.75) is 25.8 Å². The number of aromatic nitrogens is 2. The maximum absolute atomic E-state index is 12.3. The molecule has 1 aromatic heterocycles. The molecule has 0 atom stereocenters. The van der Waals surface area contributed by atoms with Gasteiger partial charge in [-0.1, -0.05) is 12.1 Å². The average molecular weight is 330 g/mol. The minimum Gasteiger partial charge on any atom is -0.354 e. The Morgan fingerprint density at radius 2 is 1.79 bits per heavy atom. The first-order chi connectivity index (χ1) is 11.6. The van der Waals surface area contributed by atoms with Crippen LogP contribution < -0.4 is 11.0 Å². The number of nitrogens with zero attached hydrogens (tertiary/aromatic N) is 3. The van der Waals surface area contributed by atoms with Gasteiger partial charge in [0, 0.05) is 33.1 Å². The Morgan fingerprint density at radius 3 is 2.50 bits per heavy atom. The SMILES string of the molecule is Cn1c(=O)n(CC(=O)NCCC(=O)N2CCCC2)c2ccccc21. The molecule has 0 bridgehead atoms. The minimum absolute atomic E-state index is 0.0436. The average Bonchev–Trinajstić information content (AvgIpc) is 3.19. The standard InChI is InChI=1S/C17H22N4O3/c1-19-13-6-2-3-7-14(13)21(17(19)24)12-15(22)18-9-8-16(23)20-10-4-5-11-20/h2-3,6-7H,4-5,8-12H2,1H3,(H,18,22). The van der Waals surface area contributed by atoms with Crippen LogP contribution in [0.15, 0.2) is 29.1 Å². The zero-order chi connectivity index (χ0) is 17.1. The van der Waals surface area contributed by atoms with Crippen LogP contribution in [0, 0.1) is 0 Å². The van der Waals surface area contributed by atoms with Crippen LogP contribution in [0.5, 0.6) is 0 Å². The van der Waals surface area contributed by atoms with Crippen molar-refractivity contribution < 1.29 is 9.59 Å². The van der Waals surface area contributed by atoms with Crippen LogP contribution in [0.1, 0.15) is 19.3 Å². The number of likely N-dealkylation sites (tertiary alicyclic amines) is 1. The summed E-state index contributed by atoms with van der Waals surface area (Å²) in [5, 5.41) is 2.73. The van der Waals surface area contributed by atoms with Gasteiger partial charge in [-0.2, -0.15) is 0 Å². The Labute approximate surface area is 139 Å². The highest BCUT2D eigenvalue weighted by Crippen LogP contribution is 2.11. The summed E-state index contributed by atoms with van der Waals surface area (Å²) < 4.78 is 2.98. The third-order valence-electron chi connectivity index (χ3n) is 4.47. The number of benzene rings is 1. The molecule has 7 heteroatoms. The lowest BCUT2D eigenvalue weighted by molar-refractivity contribution is -0.130. The minimum atomic E-state index is -0.261. The first-order valence-electron chi connectivity index (χ1n) is 8.26. The van der Waals surface area contributed by atoms with Crippen LogP contribution in [0.2, 0.25) is 0 Å².